The second kappa shape index (κ2) is 5.90. The van der Waals surface area contributed by atoms with Crippen LogP contribution >= 0.6 is 35.3 Å². The monoisotopic (exact) mass is 243 g/mol. The molecule has 0 spiro atoms. The Balaban J connectivity index is 5.16. The van der Waals surface area contributed by atoms with Crippen molar-refractivity contribution in [2.45, 2.75) is 0 Å². The molecule has 72 valence electrons. The topological polar surface area (TPSA) is 74.4 Å². The summed E-state index contributed by atoms with van der Waals surface area (Å²) in [6.07, 6.45) is 2.65. The maximum atomic E-state index is 10.7. The van der Waals surface area contributed by atoms with Crippen LogP contribution in [0.5, 0.6) is 0 Å². The largest absolute Gasteiger partial charge is 0.480 e. The zero-order valence-electron chi connectivity index (χ0n) is 6.06. The van der Waals surface area contributed by atoms with Crippen LogP contribution in [-0.4, -0.2) is 29.7 Å². The van der Waals surface area contributed by atoms with Gasteiger partial charge in [-0.2, -0.15) is 13.5 Å². The van der Waals surface area contributed by atoms with Crippen LogP contribution in [-0.2, 0) is 4.79 Å². The van der Waals surface area contributed by atoms with Crippen LogP contribution in [0.4, 0.5) is 0 Å². The predicted octanol–water partition coefficient (Wildman–Crippen LogP) is 1.73. The number of halogens is 3. The van der Waals surface area contributed by atoms with Crippen LogP contribution in [0.2, 0.25) is 0 Å². The lowest BCUT2D eigenvalue weighted by atomic mass is 9.93. The second-order valence-electron chi connectivity index (χ2n) is 1.92. The fourth-order valence-electron chi connectivity index (χ4n) is 0.508. The van der Waals surface area contributed by atoms with E-state index in [1.165, 1.54) is 0 Å². The lowest BCUT2D eigenvalue weighted by Gasteiger charge is -2.11. The van der Waals surface area contributed by atoms with Crippen LogP contribution < -0.4 is 0 Å². The van der Waals surface area contributed by atoms with Gasteiger partial charge in [0.05, 0.1) is 0 Å². The molecule has 0 rings (SSSR count). The highest BCUT2D eigenvalue weighted by atomic mass is 35.5. The Bertz CT molecular complexity index is 232. The first-order chi connectivity index (χ1) is 6.13. The van der Waals surface area contributed by atoms with E-state index in [9.17, 15) is 4.79 Å². The minimum absolute atomic E-state index is 0.884. The van der Waals surface area contributed by atoms with Gasteiger partial charge >= 0.3 is 5.97 Å². The number of carboxylic acid groups (broad SMARTS) is 1. The fourth-order valence-corrected chi connectivity index (χ4v) is 0.992. The van der Waals surface area contributed by atoms with Gasteiger partial charge in [-0.05, 0) is 0 Å². The number of hydrogen-bond acceptors (Lipinski definition) is 4. The van der Waals surface area contributed by atoms with Gasteiger partial charge in [0.15, 0.2) is 5.41 Å². The van der Waals surface area contributed by atoms with E-state index in [0.29, 0.717) is 0 Å². The zero-order chi connectivity index (χ0) is 10.3. The molecule has 0 saturated heterocycles. The van der Waals surface area contributed by atoms with Gasteiger partial charge in [0, 0.05) is 54.0 Å². The van der Waals surface area contributed by atoms with E-state index >= 15 is 0 Å². The van der Waals surface area contributed by atoms with Crippen molar-refractivity contribution in [1.82, 2.24) is 0 Å². The molecule has 0 radical (unpaired) electrons. The summed E-state index contributed by atoms with van der Waals surface area (Å²) in [5, 5.41) is 8.77. The van der Waals surface area contributed by atoms with Crippen LogP contribution in [0.1, 0.15) is 0 Å². The molecule has 0 amide bonds. The quantitative estimate of drug-likeness (QED) is 0.765. The molecule has 0 fully saturated rings. The second-order valence-corrected chi connectivity index (χ2v) is 2.50. The zero-order valence-corrected chi connectivity index (χ0v) is 8.33. The first-order valence-corrected chi connectivity index (χ1v) is 3.84. The molecule has 0 bridgehead atoms. The van der Waals surface area contributed by atoms with Crippen molar-refractivity contribution < 1.29 is 9.90 Å². The Morgan fingerprint density at radius 1 is 1.08 bits per heavy atom. The summed E-state index contributed by atoms with van der Waals surface area (Å²) >= 11 is 15.0. The smallest absolute Gasteiger partial charge is 0.326 e. The highest BCUT2D eigenvalue weighted by Gasteiger charge is 2.34. The lowest BCUT2D eigenvalue weighted by Crippen LogP contribution is -2.35. The van der Waals surface area contributed by atoms with Crippen molar-refractivity contribution in [1.29, 1.82) is 0 Å². The van der Waals surface area contributed by atoms with Crippen molar-refractivity contribution in [3.8, 4) is 0 Å². The Labute approximate surface area is 89.1 Å². The summed E-state index contributed by atoms with van der Waals surface area (Å²) in [5.41, 5.74) is -1.70. The van der Waals surface area contributed by atoms with E-state index in [2.05, 4.69) is 13.5 Å². The van der Waals surface area contributed by atoms with Crippen LogP contribution in [0.3, 0.4) is 0 Å². The van der Waals surface area contributed by atoms with Crippen molar-refractivity contribution in [3.63, 3.8) is 0 Å². The number of nitrogens with zero attached hydrogens (tertiary/aromatic N) is 3. The number of aliphatic carboxylic acids is 1. The normalized spacial score (nSPS) is 17.2. The molecule has 0 aliphatic heterocycles. The standard InChI is InChI=1S/C5H4Cl3N3O2/c6-9-1-5(2-10-7,3-11-8)4(12)13/h1-3H,(H,12,13). The van der Waals surface area contributed by atoms with Gasteiger partial charge in [0.1, 0.15) is 0 Å². The Morgan fingerprint density at radius 2 is 1.38 bits per heavy atom. The molecule has 0 aliphatic rings. The third kappa shape index (κ3) is 3.30. The molecule has 0 atom stereocenters. The van der Waals surface area contributed by atoms with Gasteiger partial charge in [-0.25, -0.2) is 0 Å². The molecule has 0 aromatic rings. The molecule has 0 heterocycles. The predicted molar refractivity (Wildman–Crippen MR) is 53.1 cm³/mol. The summed E-state index contributed by atoms with van der Waals surface area (Å²) < 4.78 is 9.10. The first kappa shape index (κ1) is 12.3. The molecule has 8 heteroatoms. The molecule has 13 heavy (non-hydrogen) atoms. The SMILES string of the molecule is O=C(O)C(C=NCl)(C=NCl)C=NCl. The lowest BCUT2D eigenvalue weighted by molar-refractivity contribution is -0.138. The summed E-state index contributed by atoms with van der Waals surface area (Å²) in [7, 11) is 0. The third-order valence-electron chi connectivity index (χ3n) is 1.16. The van der Waals surface area contributed by atoms with Gasteiger partial charge in [-0.3, -0.25) is 4.79 Å². The molecule has 0 saturated carbocycles. The van der Waals surface area contributed by atoms with E-state index in [0.717, 1.165) is 18.6 Å². The average molecular weight is 244 g/mol. The Kier molecular flexibility index (Phi) is 5.61. The van der Waals surface area contributed by atoms with Gasteiger partial charge in [0.25, 0.3) is 0 Å². The number of hydrogen-bond donors (Lipinski definition) is 1. The maximum absolute atomic E-state index is 10.7. The van der Waals surface area contributed by atoms with Crippen molar-refractivity contribution in [2.75, 3.05) is 0 Å². The number of rotatable bonds is 4. The van der Waals surface area contributed by atoms with Crippen molar-refractivity contribution in [3.05, 3.63) is 0 Å². The van der Waals surface area contributed by atoms with E-state index in [1.54, 1.807) is 0 Å². The molecule has 0 aromatic heterocycles. The van der Waals surface area contributed by atoms with E-state index < -0.39 is 11.4 Å². The van der Waals surface area contributed by atoms with E-state index in [4.69, 9.17) is 40.4 Å². The summed E-state index contributed by atoms with van der Waals surface area (Å²) in [6.45, 7) is 0. The molecular formula is C5H4Cl3N3O2. The van der Waals surface area contributed by atoms with E-state index in [-0.39, 0.29) is 0 Å². The summed E-state index contributed by atoms with van der Waals surface area (Å²) in [6, 6.07) is 0. The molecule has 0 aromatic carbocycles. The highest BCUT2D eigenvalue weighted by Crippen LogP contribution is 2.11. The van der Waals surface area contributed by atoms with E-state index in [1.807, 2.05) is 0 Å². The summed E-state index contributed by atoms with van der Waals surface area (Å²) in [4.78, 5) is 10.7. The van der Waals surface area contributed by atoms with Gasteiger partial charge in [-0.1, -0.05) is 0 Å². The van der Waals surface area contributed by atoms with Crippen LogP contribution in [0, 0.1) is 5.41 Å². The van der Waals surface area contributed by atoms with Crippen molar-refractivity contribution in [2.24, 2.45) is 18.9 Å². The maximum Gasteiger partial charge on any atom is 0.326 e. The molecule has 0 aliphatic carbocycles. The van der Waals surface area contributed by atoms with Gasteiger partial charge in [0.2, 0.25) is 0 Å². The minimum Gasteiger partial charge on any atom is -0.480 e. The third-order valence-corrected chi connectivity index (χ3v) is 1.45. The first-order valence-electron chi connectivity index (χ1n) is 2.83. The summed E-state index contributed by atoms with van der Waals surface area (Å²) in [5.74, 6) is -1.30. The molecular weight excluding hydrogens is 240 g/mol. The molecule has 0 unspecified atom stereocenters. The highest BCUT2D eigenvalue weighted by molar-refractivity contribution is 6.33. The van der Waals surface area contributed by atoms with Crippen molar-refractivity contribution >= 4 is 59.9 Å². The van der Waals surface area contributed by atoms with Gasteiger partial charge < -0.3 is 5.11 Å². The Hall–Kier alpha value is -0.650. The van der Waals surface area contributed by atoms with Gasteiger partial charge in [-0.15, -0.1) is 0 Å². The fraction of sp³-hybridized carbons (Fsp3) is 0.200. The number of carboxylic acids is 1. The van der Waals surface area contributed by atoms with Crippen LogP contribution in [0.15, 0.2) is 13.5 Å². The molecule has 1 N–H and O–H groups in total. The average Bonchev–Trinajstić information content (AvgIpc) is 2.05. The minimum atomic E-state index is -1.70. The molecule has 5 nitrogen and oxygen atoms in total. The van der Waals surface area contributed by atoms with Crippen LogP contribution in [0.25, 0.3) is 0 Å². The Morgan fingerprint density at radius 3 is 1.54 bits per heavy atom. The number of carbonyl (C=O) groups is 1.